The average Bonchev–Trinajstić information content (AvgIpc) is 2.36. The minimum absolute atomic E-state index is 0.0239. The summed E-state index contributed by atoms with van der Waals surface area (Å²) in [6.07, 6.45) is 2.94. The summed E-state index contributed by atoms with van der Waals surface area (Å²) in [4.78, 5) is 11.6. The number of carbonyl (C=O) groups excluding carboxylic acids is 1. The number of amides is 1. The van der Waals surface area contributed by atoms with Crippen LogP contribution in [-0.4, -0.2) is 13.0 Å². The molecular weight excluding hydrogens is 214 g/mol. The van der Waals surface area contributed by atoms with E-state index in [2.05, 4.69) is 11.9 Å². The van der Waals surface area contributed by atoms with Gasteiger partial charge in [0.05, 0.1) is 13.2 Å². The Morgan fingerprint density at radius 1 is 1.35 bits per heavy atom. The Hall–Kier alpha value is -2.03. The summed E-state index contributed by atoms with van der Waals surface area (Å²) in [6.45, 7) is 5.53. The van der Waals surface area contributed by atoms with E-state index in [9.17, 15) is 4.79 Å². The highest BCUT2D eigenvalue weighted by Crippen LogP contribution is 2.10. The van der Waals surface area contributed by atoms with E-state index in [0.717, 1.165) is 5.56 Å². The highest BCUT2D eigenvalue weighted by atomic mass is 16.5. The van der Waals surface area contributed by atoms with E-state index < -0.39 is 0 Å². The van der Waals surface area contributed by atoms with Gasteiger partial charge in [0.1, 0.15) is 5.76 Å². The highest BCUT2D eigenvalue weighted by molar-refractivity contribution is 5.88. The lowest BCUT2D eigenvalue weighted by Crippen LogP contribution is -2.24. The lowest BCUT2D eigenvalue weighted by Gasteiger charge is -2.12. The smallest absolute Gasteiger partial charge is 0.244 e. The van der Waals surface area contributed by atoms with Gasteiger partial charge in [-0.3, -0.25) is 4.79 Å². The van der Waals surface area contributed by atoms with Crippen molar-refractivity contribution < 1.29 is 9.53 Å². The Balaban J connectivity index is 2.52. The van der Waals surface area contributed by atoms with Crippen molar-refractivity contribution in [2.75, 3.05) is 7.11 Å². The summed E-state index contributed by atoms with van der Waals surface area (Å²) < 4.78 is 4.83. The molecule has 0 radical (unpaired) electrons. The fourth-order valence-electron chi connectivity index (χ4n) is 1.32. The van der Waals surface area contributed by atoms with Crippen LogP contribution in [0.25, 0.3) is 0 Å². The number of allylic oxidation sites excluding steroid dienone is 1. The third kappa shape index (κ3) is 4.55. The largest absolute Gasteiger partial charge is 0.497 e. The van der Waals surface area contributed by atoms with E-state index in [1.165, 1.54) is 19.3 Å². The summed E-state index contributed by atoms with van der Waals surface area (Å²) in [5.41, 5.74) is 1.07. The second kappa shape index (κ2) is 6.53. The molecule has 3 heteroatoms. The van der Waals surface area contributed by atoms with Crippen molar-refractivity contribution in [3.05, 3.63) is 60.4 Å². The third-order valence-electron chi connectivity index (χ3n) is 2.34. The Labute approximate surface area is 102 Å². The molecule has 90 valence electrons. The molecule has 1 aromatic carbocycles. The zero-order valence-corrected chi connectivity index (χ0v) is 10.1. The third-order valence-corrected chi connectivity index (χ3v) is 2.34. The topological polar surface area (TPSA) is 38.3 Å². The standard InChI is InChI=1S/C14H17NO2/c1-11(17-3)9-10-14(16)15-12(2)13-7-5-4-6-8-13/h4-10,12H,1H2,2-3H3,(H,15,16)/b10-9+/t12-/m0/s1. The number of nitrogens with one attached hydrogen (secondary N) is 1. The van der Waals surface area contributed by atoms with Gasteiger partial charge in [0.25, 0.3) is 0 Å². The van der Waals surface area contributed by atoms with Crippen LogP contribution < -0.4 is 5.32 Å². The first-order valence-electron chi connectivity index (χ1n) is 5.40. The molecule has 0 heterocycles. The number of ether oxygens (including phenoxy) is 1. The molecule has 0 aromatic heterocycles. The Bertz CT molecular complexity index is 409. The summed E-state index contributed by atoms with van der Waals surface area (Å²) in [6, 6.07) is 9.76. The highest BCUT2D eigenvalue weighted by Gasteiger charge is 2.06. The molecule has 0 saturated carbocycles. The van der Waals surface area contributed by atoms with Gasteiger partial charge in [-0.2, -0.15) is 0 Å². The first-order valence-corrected chi connectivity index (χ1v) is 5.40. The van der Waals surface area contributed by atoms with Crippen LogP contribution in [0, 0.1) is 0 Å². The second-order valence-electron chi connectivity index (χ2n) is 3.64. The maximum atomic E-state index is 11.6. The van der Waals surface area contributed by atoms with E-state index in [1.54, 1.807) is 0 Å². The van der Waals surface area contributed by atoms with Crippen molar-refractivity contribution in [1.82, 2.24) is 5.32 Å². The van der Waals surface area contributed by atoms with Crippen molar-refractivity contribution in [1.29, 1.82) is 0 Å². The van der Waals surface area contributed by atoms with Crippen molar-refractivity contribution >= 4 is 5.91 Å². The summed E-state index contributed by atoms with van der Waals surface area (Å²) >= 11 is 0. The first kappa shape index (κ1) is 13.0. The first-order chi connectivity index (χ1) is 8.13. The molecule has 0 aliphatic carbocycles. The van der Waals surface area contributed by atoms with Gasteiger partial charge in [-0.25, -0.2) is 0 Å². The van der Waals surface area contributed by atoms with Crippen LogP contribution in [0.15, 0.2) is 54.8 Å². The van der Waals surface area contributed by atoms with Gasteiger partial charge in [-0.15, -0.1) is 0 Å². The van der Waals surface area contributed by atoms with Gasteiger partial charge in [0.15, 0.2) is 0 Å². The van der Waals surface area contributed by atoms with Crippen LogP contribution >= 0.6 is 0 Å². The summed E-state index contributed by atoms with van der Waals surface area (Å²) in [5.74, 6) is 0.284. The molecule has 0 aliphatic rings. The normalized spacial score (nSPS) is 12.1. The number of carbonyl (C=O) groups is 1. The van der Waals surface area contributed by atoms with E-state index >= 15 is 0 Å². The Kier molecular flexibility index (Phi) is 5.01. The summed E-state index contributed by atoms with van der Waals surface area (Å²) in [5, 5.41) is 2.85. The zero-order chi connectivity index (χ0) is 12.7. The number of hydrogen-bond acceptors (Lipinski definition) is 2. The number of methoxy groups -OCH3 is 1. The molecule has 1 aromatic rings. The maximum Gasteiger partial charge on any atom is 0.244 e. The van der Waals surface area contributed by atoms with Crippen LogP contribution in [0.3, 0.4) is 0 Å². The van der Waals surface area contributed by atoms with Crippen LogP contribution in [-0.2, 0) is 9.53 Å². The zero-order valence-electron chi connectivity index (χ0n) is 10.1. The summed E-state index contributed by atoms with van der Waals surface area (Å²) in [7, 11) is 1.51. The Morgan fingerprint density at radius 2 is 2.00 bits per heavy atom. The van der Waals surface area contributed by atoms with Crippen LogP contribution in [0.4, 0.5) is 0 Å². The molecule has 3 nitrogen and oxygen atoms in total. The fourth-order valence-corrected chi connectivity index (χ4v) is 1.32. The predicted octanol–water partition coefficient (Wildman–Crippen LogP) is 2.58. The van der Waals surface area contributed by atoms with Crippen LogP contribution in [0.1, 0.15) is 18.5 Å². The van der Waals surface area contributed by atoms with Crippen molar-refractivity contribution in [3.8, 4) is 0 Å². The molecule has 1 N–H and O–H groups in total. The Morgan fingerprint density at radius 3 is 2.59 bits per heavy atom. The van der Waals surface area contributed by atoms with Gasteiger partial charge in [-0.05, 0) is 18.6 Å². The van der Waals surface area contributed by atoms with Crippen LogP contribution in [0.5, 0.6) is 0 Å². The van der Waals surface area contributed by atoms with Crippen molar-refractivity contribution in [2.24, 2.45) is 0 Å². The molecule has 1 atom stereocenters. The molecule has 0 saturated heterocycles. The molecular formula is C14H17NO2. The van der Waals surface area contributed by atoms with Gasteiger partial charge < -0.3 is 10.1 Å². The monoisotopic (exact) mass is 231 g/mol. The molecule has 0 aliphatic heterocycles. The molecule has 0 bridgehead atoms. The number of rotatable bonds is 5. The lowest BCUT2D eigenvalue weighted by molar-refractivity contribution is -0.117. The lowest BCUT2D eigenvalue weighted by atomic mass is 10.1. The molecule has 0 fully saturated rings. The van der Waals surface area contributed by atoms with Crippen LogP contribution in [0.2, 0.25) is 0 Å². The SMILES string of the molecule is C=C(/C=C/C(=O)N[C@@H](C)c1ccccc1)OC. The molecule has 1 rings (SSSR count). The molecule has 1 amide bonds. The van der Waals surface area contributed by atoms with Gasteiger partial charge >= 0.3 is 0 Å². The second-order valence-corrected chi connectivity index (χ2v) is 3.64. The van der Waals surface area contributed by atoms with E-state index in [0.29, 0.717) is 5.76 Å². The molecule has 17 heavy (non-hydrogen) atoms. The van der Waals surface area contributed by atoms with E-state index in [4.69, 9.17) is 4.74 Å². The minimum Gasteiger partial charge on any atom is -0.497 e. The van der Waals surface area contributed by atoms with Gasteiger partial charge in [0, 0.05) is 6.08 Å². The average molecular weight is 231 g/mol. The molecule has 0 spiro atoms. The van der Waals surface area contributed by atoms with Crippen molar-refractivity contribution in [2.45, 2.75) is 13.0 Å². The minimum atomic E-state index is -0.167. The fraction of sp³-hybridized carbons (Fsp3) is 0.214. The van der Waals surface area contributed by atoms with E-state index in [1.807, 2.05) is 37.3 Å². The number of benzene rings is 1. The van der Waals surface area contributed by atoms with E-state index in [-0.39, 0.29) is 11.9 Å². The van der Waals surface area contributed by atoms with Gasteiger partial charge in [-0.1, -0.05) is 36.9 Å². The van der Waals surface area contributed by atoms with Gasteiger partial charge in [0.2, 0.25) is 5.91 Å². The predicted molar refractivity (Wildman–Crippen MR) is 68.3 cm³/mol. The van der Waals surface area contributed by atoms with Crippen molar-refractivity contribution in [3.63, 3.8) is 0 Å². The quantitative estimate of drug-likeness (QED) is 0.480. The number of hydrogen-bond donors (Lipinski definition) is 1. The molecule has 0 unspecified atom stereocenters. The maximum absolute atomic E-state index is 11.6.